The van der Waals surface area contributed by atoms with Crippen molar-refractivity contribution in [3.8, 4) is 20.9 Å². The monoisotopic (exact) mass is 1080 g/mol. The number of benzene rings is 3. The van der Waals surface area contributed by atoms with Crippen LogP contribution in [0.4, 0.5) is 0 Å². The summed E-state index contributed by atoms with van der Waals surface area (Å²) in [5.74, 6) is -1.45. The Bertz CT molecular complexity index is 2790. The lowest BCUT2D eigenvalue weighted by molar-refractivity contribution is -0.141. The molecule has 2 aromatic heterocycles. The van der Waals surface area contributed by atoms with E-state index in [1.165, 1.54) is 28.4 Å². The molecular weight excluding hydrogens is 1020 g/mol. The first-order chi connectivity index (χ1) is 35.7. The van der Waals surface area contributed by atoms with E-state index in [4.69, 9.17) is 4.74 Å². The lowest BCUT2D eigenvalue weighted by Crippen LogP contribution is -2.54. The summed E-state index contributed by atoms with van der Waals surface area (Å²) in [6, 6.07) is 19.7. The molecule has 0 radical (unpaired) electrons. The SMILES string of the molecule is CSC[C@H](NC(=O)CCC(C)CO[C@@H]1C[C@@H](C(=O)NCc2ccc(-c3scnc3C)cc2)N(C(=O)[C@H](CSC)N2Cc3ccccc3C2=O)C1)C(=O)N1C[C@H](O)C[C@H]1C(=O)NCc1ccc(-c2scnc2C)cc1. The zero-order valence-electron chi connectivity index (χ0n) is 42.3. The molecule has 1 unspecified atom stereocenters. The second-order valence-electron chi connectivity index (χ2n) is 19.2. The van der Waals surface area contributed by atoms with Crippen LogP contribution in [-0.4, -0.2) is 145 Å². The summed E-state index contributed by atoms with van der Waals surface area (Å²) in [6.45, 7) is 7.07. The topological polar surface area (TPSA) is 203 Å². The van der Waals surface area contributed by atoms with Gasteiger partial charge in [0.2, 0.25) is 29.5 Å². The number of aromatic nitrogens is 2. The number of amides is 6. The molecule has 6 amide bonds. The quantitative estimate of drug-likeness (QED) is 0.0623. The first kappa shape index (κ1) is 54.6. The smallest absolute Gasteiger partial charge is 0.255 e. The van der Waals surface area contributed by atoms with Gasteiger partial charge in [-0.3, -0.25) is 28.8 Å². The van der Waals surface area contributed by atoms with Crippen LogP contribution >= 0.6 is 46.2 Å². The van der Waals surface area contributed by atoms with E-state index in [-0.39, 0.29) is 93.3 Å². The zero-order valence-corrected chi connectivity index (χ0v) is 45.5. The predicted octanol–water partition coefficient (Wildman–Crippen LogP) is 6.08. The third-order valence-electron chi connectivity index (χ3n) is 13.9. The number of hydrogen-bond acceptors (Lipinski definition) is 14. The van der Waals surface area contributed by atoms with Gasteiger partial charge in [-0.1, -0.05) is 73.7 Å². The van der Waals surface area contributed by atoms with Crippen LogP contribution in [-0.2, 0) is 48.3 Å². The van der Waals surface area contributed by atoms with E-state index in [2.05, 4.69) is 25.9 Å². The highest BCUT2D eigenvalue weighted by molar-refractivity contribution is 7.98. The number of fused-ring (bicyclic) bond motifs is 1. The first-order valence-corrected chi connectivity index (χ1v) is 29.4. The van der Waals surface area contributed by atoms with Crippen molar-refractivity contribution in [3.63, 3.8) is 0 Å². The molecule has 5 aromatic rings. The minimum absolute atomic E-state index is 0.0212. The summed E-state index contributed by atoms with van der Waals surface area (Å²) in [5.41, 5.74) is 10.8. The van der Waals surface area contributed by atoms with E-state index < -0.39 is 42.3 Å². The Labute approximate surface area is 448 Å². The molecule has 2 saturated heterocycles. The van der Waals surface area contributed by atoms with Crippen LogP contribution in [0.3, 0.4) is 0 Å². The number of rotatable bonds is 22. The minimum Gasteiger partial charge on any atom is -0.391 e. The first-order valence-electron chi connectivity index (χ1n) is 24.8. The van der Waals surface area contributed by atoms with Crippen LogP contribution in [0.1, 0.15) is 71.0 Å². The van der Waals surface area contributed by atoms with Gasteiger partial charge in [0.25, 0.3) is 5.91 Å². The maximum atomic E-state index is 14.7. The highest BCUT2D eigenvalue weighted by Gasteiger charge is 2.46. The Hall–Kier alpha value is -5.64. The highest BCUT2D eigenvalue weighted by Crippen LogP contribution is 2.32. The molecule has 392 valence electrons. The summed E-state index contributed by atoms with van der Waals surface area (Å²) in [7, 11) is 0. The third-order valence-corrected chi connectivity index (χ3v) is 17.1. The lowest BCUT2D eigenvalue weighted by Gasteiger charge is -2.32. The Morgan fingerprint density at radius 2 is 1.34 bits per heavy atom. The number of likely N-dealkylation sites (tertiary alicyclic amines) is 2. The summed E-state index contributed by atoms with van der Waals surface area (Å²) < 4.78 is 6.44. The maximum Gasteiger partial charge on any atom is 0.255 e. The molecule has 0 saturated carbocycles. The van der Waals surface area contributed by atoms with Gasteiger partial charge in [-0.15, -0.1) is 22.7 Å². The van der Waals surface area contributed by atoms with Crippen molar-refractivity contribution in [2.24, 2.45) is 5.92 Å². The van der Waals surface area contributed by atoms with E-state index in [0.29, 0.717) is 24.3 Å². The summed E-state index contributed by atoms with van der Waals surface area (Å²) in [5, 5.41) is 19.5. The van der Waals surface area contributed by atoms with Crippen LogP contribution in [0.2, 0.25) is 0 Å². The van der Waals surface area contributed by atoms with E-state index in [0.717, 1.165) is 49.0 Å². The van der Waals surface area contributed by atoms with Gasteiger partial charge >= 0.3 is 0 Å². The van der Waals surface area contributed by atoms with Gasteiger partial charge in [0.1, 0.15) is 24.2 Å². The maximum absolute atomic E-state index is 14.7. The Morgan fingerprint density at radius 3 is 1.89 bits per heavy atom. The van der Waals surface area contributed by atoms with E-state index in [1.807, 2.05) is 111 Å². The van der Waals surface area contributed by atoms with E-state index >= 15 is 0 Å². The number of ether oxygens (including phenoxy) is 1. The molecule has 3 aromatic carbocycles. The number of aryl methyl sites for hydroxylation is 2. The average Bonchev–Trinajstić information content (AvgIpc) is 4.27. The van der Waals surface area contributed by atoms with Crippen LogP contribution in [0.15, 0.2) is 83.8 Å². The number of carbonyl (C=O) groups is 6. The van der Waals surface area contributed by atoms with Crippen LogP contribution in [0, 0.1) is 19.8 Å². The van der Waals surface area contributed by atoms with Gasteiger partial charge in [0, 0.05) is 75.7 Å². The summed E-state index contributed by atoms with van der Waals surface area (Å²) in [6.07, 6.45) is 3.22. The fraction of sp³-hybridized carbons (Fsp3) is 0.444. The molecule has 3 aliphatic heterocycles. The minimum atomic E-state index is -0.912. The second-order valence-corrected chi connectivity index (χ2v) is 22.8. The number of hydrogen-bond donors (Lipinski definition) is 4. The molecule has 8 rings (SSSR count). The second kappa shape index (κ2) is 25.3. The van der Waals surface area contributed by atoms with Crippen LogP contribution in [0.5, 0.6) is 0 Å². The van der Waals surface area contributed by atoms with E-state index in [9.17, 15) is 33.9 Å². The number of nitrogens with one attached hydrogen (secondary N) is 3. The van der Waals surface area contributed by atoms with Gasteiger partial charge in [0.05, 0.1) is 44.4 Å². The lowest BCUT2D eigenvalue weighted by atomic mass is 10.1. The number of aliphatic hydroxyl groups excluding tert-OH is 1. The zero-order chi connectivity index (χ0) is 52.5. The summed E-state index contributed by atoms with van der Waals surface area (Å²) >= 11 is 5.99. The normalized spacial score (nSPS) is 19.5. The standard InChI is InChI=1S/C54H64N8O8S4/c1-32(10-19-47(64)59-43(28-71-4)53(68)61-25-40(63)20-44(61)50(65)55-22-35-11-15-37(16-12-35)48-33(2)57-30-73-48)27-70-41-21-45(51(66)56-23-36-13-17-38(18-14-36)49-34(3)58-31-74-49)62(26-41)54(69)46(29-72-5)60-24-39-8-6-7-9-42(39)52(60)67/h6-9,11-18,30-32,40-41,43-46,63H,10,19-29H2,1-5H3,(H,55,65)(H,56,66)(H,59,64)/t32?,40-,41-,43+,44+,45+,46+/m1/s1. The molecule has 7 atom stereocenters. The number of β-amino-alcohol motifs (C(OH)–C–C–N with tert-alkyl or cyclic N) is 1. The number of thiazole rings is 2. The Morgan fingerprint density at radius 1 is 0.770 bits per heavy atom. The molecule has 16 nitrogen and oxygen atoms in total. The van der Waals surface area contributed by atoms with Crippen molar-refractivity contribution < 1.29 is 38.6 Å². The number of nitrogens with zero attached hydrogens (tertiary/aromatic N) is 5. The van der Waals surface area contributed by atoms with Crippen molar-refractivity contribution >= 4 is 81.6 Å². The molecular formula is C54H64N8O8S4. The Balaban J connectivity index is 0.853. The van der Waals surface area contributed by atoms with Gasteiger partial charge in [-0.2, -0.15) is 23.5 Å². The van der Waals surface area contributed by atoms with Crippen molar-refractivity contribution in [1.82, 2.24) is 40.6 Å². The van der Waals surface area contributed by atoms with Crippen molar-refractivity contribution in [1.29, 1.82) is 0 Å². The third kappa shape index (κ3) is 13.1. The molecule has 0 bridgehead atoms. The predicted molar refractivity (Wildman–Crippen MR) is 291 cm³/mol. The molecule has 2 fully saturated rings. The highest BCUT2D eigenvalue weighted by atomic mass is 32.2. The van der Waals surface area contributed by atoms with E-state index in [1.54, 1.807) is 38.5 Å². The van der Waals surface area contributed by atoms with Crippen LogP contribution < -0.4 is 16.0 Å². The summed E-state index contributed by atoms with van der Waals surface area (Å²) in [4.78, 5) is 99.0. The Kier molecular flexibility index (Phi) is 18.6. The fourth-order valence-electron chi connectivity index (χ4n) is 9.78. The number of thioether (sulfide) groups is 2. The molecule has 20 heteroatoms. The van der Waals surface area contributed by atoms with Crippen molar-refractivity contribution in [2.75, 3.05) is 43.7 Å². The number of carbonyl (C=O) groups excluding carboxylic acids is 6. The van der Waals surface area contributed by atoms with Gasteiger partial charge in [0.15, 0.2) is 0 Å². The molecule has 0 aliphatic carbocycles. The molecule has 3 aliphatic rings. The fourth-order valence-corrected chi connectivity index (χ4v) is 12.6. The van der Waals surface area contributed by atoms with Crippen molar-refractivity contribution in [3.05, 3.63) is 117 Å². The van der Waals surface area contributed by atoms with Crippen molar-refractivity contribution in [2.45, 2.75) is 102 Å². The molecule has 74 heavy (non-hydrogen) atoms. The van der Waals surface area contributed by atoms with Gasteiger partial charge in [-0.05, 0) is 72.6 Å². The van der Waals surface area contributed by atoms with Crippen LogP contribution in [0.25, 0.3) is 20.9 Å². The van der Waals surface area contributed by atoms with Gasteiger partial charge < -0.3 is 40.5 Å². The average molecular weight is 1080 g/mol. The molecule has 0 spiro atoms. The number of aliphatic hydroxyl groups is 1. The largest absolute Gasteiger partial charge is 0.391 e. The molecule has 5 heterocycles. The van der Waals surface area contributed by atoms with Gasteiger partial charge in [-0.25, -0.2) is 9.97 Å². The molecule has 4 N–H and O–H groups in total.